The van der Waals surface area contributed by atoms with Gasteiger partial charge >= 0.3 is 6.18 Å². The number of alkyl halides is 3. The molecule has 6 nitrogen and oxygen atoms in total. The maximum Gasteiger partial charge on any atom is 0.416 e. The average Bonchev–Trinajstić information content (AvgIpc) is 3.43. The molecule has 2 aromatic heterocycles. The second kappa shape index (κ2) is 10.8. The van der Waals surface area contributed by atoms with Gasteiger partial charge in [0.05, 0.1) is 40.4 Å². The van der Waals surface area contributed by atoms with Crippen molar-refractivity contribution >= 4 is 40.1 Å². The lowest BCUT2D eigenvalue weighted by Crippen LogP contribution is -2.14. The molecule has 0 unspecified atom stereocenters. The molecule has 4 rings (SSSR count). The summed E-state index contributed by atoms with van der Waals surface area (Å²) in [6.07, 6.45) is -4.26. The smallest absolute Gasteiger partial charge is 0.416 e. The van der Waals surface area contributed by atoms with Gasteiger partial charge in [-0.05, 0) is 61.9 Å². The Labute approximate surface area is 219 Å². The minimum atomic E-state index is -4.46. The zero-order valence-electron chi connectivity index (χ0n) is 20.1. The number of halogens is 3. The lowest BCUT2D eigenvalue weighted by molar-refractivity contribution is -0.137. The molecule has 37 heavy (non-hydrogen) atoms. The number of Topliss-reactive ketones (excluding diaryl/α,β-unsaturated/α-hetero) is 1. The second-order valence-electron chi connectivity index (χ2n) is 8.27. The van der Waals surface area contributed by atoms with Crippen molar-refractivity contribution in [1.29, 1.82) is 0 Å². The van der Waals surface area contributed by atoms with E-state index in [0.717, 1.165) is 33.4 Å². The van der Waals surface area contributed by atoms with Crippen LogP contribution in [0.5, 0.6) is 5.75 Å². The summed E-state index contributed by atoms with van der Waals surface area (Å²) in [4.78, 5) is 35.6. The molecule has 0 aliphatic heterocycles. The molecule has 0 saturated carbocycles. The van der Waals surface area contributed by atoms with E-state index in [2.05, 4.69) is 15.3 Å². The Hall–Kier alpha value is -3.57. The molecular weight excluding hydrogens is 523 g/mol. The summed E-state index contributed by atoms with van der Waals surface area (Å²) in [5, 5.41) is 6.13. The number of aryl methyl sites for hydroxylation is 2. The fourth-order valence-electron chi connectivity index (χ4n) is 3.68. The van der Waals surface area contributed by atoms with Crippen LogP contribution in [0.4, 0.5) is 18.9 Å². The zero-order chi connectivity index (χ0) is 26.7. The number of benzene rings is 2. The number of carbonyl (C=O) groups excluding carboxylic acids is 2. The molecule has 0 atom stereocenters. The first-order chi connectivity index (χ1) is 17.5. The number of hydrogen-bond donors (Lipinski definition) is 1. The Morgan fingerprint density at radius 2 is 1.76 bits per heavy atom. The largest absolute Gasteiger partial charge is 0.497 e. The predicted molar refractivity (Wildman–Crippen MR) is 138 cm³/mol. The highest BCUT2D eigenvalue weighted by molar-refractivity contribution is 7.16. The quantitative estimate of drug-likeness (QED) is 0.273. The number of rotatable bonds is 8. The Morgan fingerprint density at radius 3 is 2.38 bits per heavy atom. The summed E-state index contributed by atoms with van der Waals surface area (Å²) >= 11 is 2.97. The van der Waals surface area contributed by atoms with E-state index in [-0.39, 0.29) is 29.9 Å². The van der Waals surface area contributed by atoms with Crippen LogP contribution in [0.3, 0.4) is 0 Å². The fraction of sp³-hybridized carbons (Fsp3) is 0.231. The van der Waals surface area contributed by atoms with Crippen LogP contribution >= 0.6 is 22.7 Å². The average molecular weight is 546 g/mol. The molecule has 11 heteroatoms. The van der Waals surface area contributed by atoms with Gasteiger partial charge in [0.1, 0.15) is 16.5 Å². The van der Waals surface area contributed by atoms with Gasteiger partial charge in [0, 0.05) is 23.1 Å². The first-order valence-corrected chi connectivity index (χ1v) is 12.8. The first-order valence-electron chi connectivity index (χ1n) is 11.1. The van der Waals surface area contributed by atoms with E-state index < -0.39 is 17.6 Å². The van der Waals surface area contributed by atoms with Crippen LogP contribution in [0.1, 0.15) is 37.2 Å². The first kappa shape index (κ1) is 26.5. The van der Waals surface area contributed by atoms with Crippen molar-refractivity contribution in [2.24, 2.45) is 0 Å². The van der Waals surface area contributed by atoms with Crippen LogP contribution in [0.2, 0.25) is 0 Å². The van der Waals surface area contributed by atoms with Gasteiger partial charge in [0.15, 0.2) is 0 Å². The molecule has 2 aromatic carbocycles. The van der Waals surface area contributed by atoms with Gasteiger partial charge in [0.2, 0.25) is 0 Å². The predicted octanol–water partition coefficient (Wildman–Crippen LogP) is 6.52. The van der Waals surface area contributed by atoms with Gasteiger partial charge in [-0.25, -0.2) is 9.97 Å². The molecule has 1 N–H and O–H groups in total. The minimum Gasteiger partial charge on any atom is -0.497 e. The van der Waals surface area contributed by atoms with Gasteiger partial charge in [-0.15, -0.1) is 22.7 Å². The number of amides is 1. The van der Waals surface area contributed by atoms with E-state index in [0.29, 0.717) is 16.3 Å². The van der Waals surface area contributed by atoms with Crippen molar-refractivity contribution in [3.63, 3.8) is 0 Å². The Bertz CT molecular complexity index is 1440. The Kier molecular flexibility index (Phi) is 7.74. The summed E-state index contributed by atoms with van der Waals surface area (Å²) in [6.45, 7) is 3.86. The SMILES string of the molecule is COc1cc(CC(=O)Cc2nc(-c3sc(C)nc3C)cs2)cc(C(=O)Nc2ccc(C(F)(F)F)cc2)c1. The summed E-state index contributed by atoms with van der Waals surface area (Å²) in [6, 6.07) is 8.89. The van der Waals surface area contributed by atoms with Crippen molar-refractivity contribution in [2.75, 3.05) is 12.4 Å². The third kappa shape index (κ3) is 6.60. The zero-order valence-corrected chi connectivity index (χ0v) is 21.7. The number of ether oxygens (including phenoxy) is 1. The monoisotopic (exact) mass is 545 g/mol. The Morgan fingerprint density at radius 1 is 1.03 bits per heavy atom. The van der Waals surface area contributed by atoms with Crippen LogP contribution < -0.4 is 10.1 Å². The number of thiazole rings is 2. The van der Waals surface area contributed by atoms with E-state index in [9.17, 15) is 22.8 Å². The van der Waals surface area contributed by atoms with Crippen LogP contribution in [0.25, 0.3) is 10.6 Å². The van der Waals surface area contributed by atoms with Gasteiger partial charge in [-0.1, -0.05) is 0 Å². The molecule has 1 amide bonds. The number of nitrogens with zero attached hydrogens (tertiary/aromatic N) is 2. The van der Waals surface area contributed by atoms with Gasteiger partial charge in [-0.3, -0.25) is 9.59 Å². The lowest BCUT2D eigenvalue weighted by atomic mass is 10.0. The van der Waals surface area contributed by atoms with Crippen molar-refractivity contribution in [2.45, 2.75) is 32.9 Å². The van der Waals surface area contributed by atoms with E-state index in [1.54, 1.807) is 23.5 Å². The van der Waals surface area contributed by atoms with E-state index in [4.69, 9.17) is 4.74 Å². The van der Waals surface area contributed by atoms with Crippen molar-refractivity contribution < 1.29 is 27.5 Å². The summed E-state index contributed by atoms with van der Waals surface area (Å²) in [7, 11) is 1.44. The topological polar surface area (TPSA) is 81.2 Å². The molecule has 0 fully saturated rings. The Balaban J connectivity index is 1.44. The molecule has 4 aromatic rings. The van der Waals surface area contributed by atoms with Gasteiger partial charge in [0.25, 0.3) is 5.91 Å². The number of ketones is 1. The highest BCUT2D eigenvalue weighted by Crippen LogP contribution is 2.31. The highest BCUT2D eigenvalue weighted by atomic mass is 32.1. The third-order valence-electron chi connectivity index (χ3n) is 5.37. The van der Waals surface area contributed by atoms with Crippen LogP contribution in [-0.4, -0.2) is 28.8 Å². The lowest BCUT2D eigenvalue weighted by Gasteiger charge is -2.11. The molecular formula is C26H22F3N3O3S2. The number of nitrogens with one attached hydrogen (secondary N) is 1. The molecule has 192 valence electrons. The van der Waals surface area contributed by atoms with Crippen LogP contribution in [0.15, 0.2) is 47.8 Å². The molecule has 0 radical (unpaired) electrons. The summed E-state index contributed by atoms with van der Waals surface area (Å²) < 4.78 is 43.6. The third-order valence-corrected chi connectivity index (χ3v) is 7.32. The molecule has 0 aliphatic rings. The second-order valence-corrected chi connectivity index (χ2v) is 10.4. The van der Waals surface area contributed by atoms with Crippen molar-refractivity contribution in [3.8, 4) is 16.3 Å². The standard InChI is InChI=1S/C26H22F3N3O3S2/c1-14-24(37-15(2)30-14)22-13-36-23(32-22)12-20(33)9-16-8-17(11-21(10-16)35-3)25(34)31-19-6-4-18(5-7-19)26(27,28)29/h4-8,10-11,13H,9,12H2,1-3H3,(H,31,34). The number of carbonyl (C=O) groups is 2. The van der Waals surface area contributed by atoms with Crippen molar-refractivity contribution in [1.82, 2.24) is 9.97 Å². The normalized spacial score (nSPS) is 11.4. The molecule has 0 spiro atoms. The van der Waals surface area contributed by atoms with Crippen LogP contribution in [-0.2, 0) is 23.8 Å². The summed E-state index contributed by atoms with van der Waals surface area (Å²) in [5.74, 6) is -0.233. The molecule has 0 aliphatic carbocycles. The van der Waals surface area contributed by atoms with Crippen LogP contribution in [0, 0.1) is 13.8 Å². The van der Waals surface area contributed by atoms with E-state index in [1.807, 2.05) is 19.2 Å². The maximum absolute atomic E-state index is 12.8. The number of hydrogen-bond acceptors (Lipinski definition) is 7. The fourth-order valence-corrected chi connectivity index (χ4v) is 5.45. The number of anilines is 1. The molecule has 2 heterocycles. The van der Waals surface area contributed by atoms with Crippen molar-refractivity contribution in [3.05, 3.63) is 80.2 Å². The van der Waals surface area contributed by atoms with E-state index in [1.165, 1.54) is 36.6 Å². The van der Waals surface area contributed by atoms with Gasteiger partial charge in [-0.2, -0.15) is 13.2 Å². The molecule has 0 saturated heterocycles. The number of aromatic nitrogens is 2. The summed E-state index contributed by atoms with van der Waals surface area (Å²) in [5.41, 5.74) is 1.91. The number of methoxy groups -OCH3 is 1. The highest BCUT2D eigenvalue weighted by Gasteiger charge is 2.30. The van der Waals surface area contributed by atoms with Gasteiger partial charge < -0.3 is 10.1 Å². The minimum absolute atomic E-state index is 0.0609. The maximum atomic E-state index is 12.8. The van der Waals surface area contributed by atoms with E-state index >= 15 is 0 Å². The molecule has 0 bridgehead atoms.